The summed E-state index contributed by atoms with van der Waals surface area (Å²) in [4.78, 5) is 0. The van der Waals surface area contributed by atoms with E-state index in [1.165, 1.54) is 36.0 Å². The van der Waals surface area contributed by atoms with Gasteiger partial charge >= 0.3 is 0 Å². The summed E-state index contributed by atoms with van der Waals surface area (Å²) in [7, 11) is 0. The second kappa shape index (κ2) is 2.48. The van der Waals surface area contributed by atoms with Crippen molar-refractivity contribution in [2.75, 3.05) is 6.61 Å². The molecule has 1 aromatic rings. The largest absolute Gasteiger partial charge is 0.491 e. The van der Waals surface area contributed by atoms with Crippen molar-refractivity contribution in [3.8, 4) is 5.75 Å². The molecule has 0 saturated carbocycles. The molecule has 1 aromatic carbocycles. The normalized spacial score (nSPS) is 23.9. The van der Waals surface area contributed by atoms with Gasteiger partial charge in [0.2, 0.25) is 0 Å². The van der Waals surface area contributed by atoms with Crippen molar-refractivity contribution in [3.05, 3.63) is 28.8 Å². The van der Waals surface area contributed by atoms with Gasteiger partial charge < -0.3 is 10.5 Å². The standard InChI is InChI=1S/C11H13NO/c12-10-6-13-11-8-3-1-2-7(8)4-5-9(10)11/h4-5,10H,1-3,6,12H2/t10-/m1/s1. The lowest BCUT2D eigenvalue weighted by molar-refractivity contribution is 0.331. The zero-order valence-corrected chi connectivity index (χ0v) is 7.55. The first-order valence-electron chi connectivity index (χ1n) is 4.89. The Bertz CT molecular complexity index is 359. The van der Waals surface area contributed by atoms with E-state index in [2.05, 4.69) is 12.1 Å². The fourth-order valence-electron chi connectivity index (χ4n) is 2.38. The van der Waals surface area contributed by atoms with Crippen LogP contribution in [-0.4, -0.2) is 6.61 Å². The molecule has 68 valence electrons. The maximum absolute atomic E-state index is 5.92. The van der Waals surface area contributed by atoms with Gasteiger partial charge in [-0.1, -0.05) is 12.1 Å². The highest BCUT2D eigenvalue weighted by Crippen LogP contribution is 2.39. The van der Waals surface area contributed by atoms with Gasteiger partial charge in [0.25, 0.3) is 0 Å². The Labute approximate surface area is 77.7 Å². The quantitative estimate of drug-likeness (QED) is 0.649. The summed E-state index contributed by atoms with van der Waals surface area (Å²) in [6.07, 6.45) is 3.65. The Kier molecular flexibility index (Phi) is 1.41. The van der Waals surface area contributed by atoms with E-state index in [1.54, 1.807) is 0 Å². The third kappa shape index (κ3) is 0.923. The summed E-state index contributed by atoms with van der Waals surface area (Å²) in [5, 5.41) is 0. The van der Waals surface area contributed by atoms with Crippen molar-refractivity contribution in [1.29, 1.82) is 0 Å². The molecule has 0 radical (unpaired) electrons. The molecule has 2 nitrogen and oxygen atoms in total. The van der Waals surface area contributed by atoms with Crippen molar-refractivity contribution in [2.45, 2.75) is 25.3 Å². The second-order valence-electron chi connectivity index (χ2n) is 3.89. The van der Waals surface area contributed by atoms with Crippen molar-refractivity contribution in [2.24, 2.45) is 5.73 Å². The highest BCUT2D eigenvalue weighted by atomic mass is 16.5. The predicted octanol–water partition coefficient (Wildman–Crippen LogP) is 1.57. The molecule has 2 N–H and O–H groups in total. The lowest BCUT2D eigenvalue weighted by Crippen LogP contribution is -2.10. The summed E-state index contributed by atoms with van der Waals surface area (Å²) >= 11 is 0. The molecular formula is C11H13NO. The number of fused-ring (bicyclic) bond motifs is 3. The van der Waals surface area contributed by atoms with Crippen LogP contribution in [0.2, 0.25) is 0 Å². The number of ether oxygens (including phenoxy) is 1. The number of benzene rings is 1. The summed E-state index contributed by atoms with van der Waals surface area (Å²) in [6.45, 7) is 0.659. The highest BCUT2D eigenvalue weighted by Gasteiger charge is 2.26. The Morgan fingerprint density at radius 3 is 3.15 bits per heavy atom. The van der Waals surface area contributed by atoms with Gasteiger partial charge in [-0.05, 0) is 30.4 Å². The molecule has 0 unspecified atom stereocenters. The fourth-order valence-corrected chi connectivity index (χ4v) is 2.38. The first kappa shape index (κ1) is 7.39. The van der Waals surface area contributed by atoms with Crippen LogP contribution in [-0.2, 0) is 12.8 Å². The van der Waals surface area contributed by atoms with Gasteiger partial charge in [0, 0.05) is 5.56 Å². The molecule has 0 spiro atoms. The zero-order chi connectivity index (χ0) is 8.84. The third-order valence-corrected chi connectivity index (χ3v) is 3.07. The van der Waals surface area contributed by atoms with Gasteiger partial charge in [-0.15, -0.1) is 0 Å². The van der Waals surface area contributed by atoms with Crippen molar-refractivity contribution in [3.63, 3.8) is 0 Å². The summed E-state index contributed by atoms with van der Waals surface area (Å²) in [6, 6.07) is 4.45. The molecule has 2 heteroatoms. The van der Waals surface area contributed by atoms with Crippen LogP contribution in [0, 0.1) is 0 Å². The summed E-state index contributed by atoms with van der Waals surface area (Å²) in [5.41, 5.74) is 10.0. The van der Waals surface area contributed by atoms with Gasteiger partial charge in [0.05, 0.1) is 6.04 Å². The average molecular weight is 175 g/mol. The van der Waals surface area contributed by atoms with Crippen molar-refractivity contribution >= 4 is 0 Å². The van der Waals surface area contributed by atoms with E-state index in [4.69, 9.17) is 10.5 Å². The van der Waals surface area contributed by atoms with Crippen LogP contribution in [0.25, 0.3) is 0 Å². The molecule has 2 aliphatic rings. The molecule has 1 aliphatic heterocycles. The molecule has 0 fully saturated rings. The topological polar surface area (TPSA) is 35.2 Å². The molecule has 13 heavy (non-hydrogen) atoms. The van der Waals surface area contributed by atoms with Gasteiger partial charge in [-0.3, -0.25) is 0 Å². The Balaban J connectivity index is 2.21. The van der Waals surface area contributed by atoms with Crippen LogP contribution >= 0.6 is 0 Å². The van der Waals surface area contributed by atoms with Crippen LogP contribution < -0.4 is 10.5 Å². The van der Waals surface area contributed by atoms with E-state index in [0.717, 1.165) is 5.75 Å². The molecule has 0 aromatic heterocycles. The van der Waals surface area contributed by atoms with Gasteiger partial charge in [0.15, 0.2) is 0 Å². The smallest absolute Gasteiger partial charge is 0.127 e. The van der Waals surface area contributed by atoms with Crippen LogP contribution in [0.5, 0.6) is 5.75 Å². The van der Waals surface area contributed by atoms with Gasteiger partial charge in [-0.25, -0.2) is 0 Å². The Morgan fingerprint density at radius 2 is 2.23 bits per heavy atom. The average Bonchev–Trinajstić information content (AvgIpc) is 2.70. The number of rotatable bonds is 0. The molecule has 1 aliphatic carbocycles. The molecule has 3 rings (SSSR count). The lowest BCUT2D eigenvalue weighted by Gasteiger charge is -2.06. The minimum Gasteiger partial charge on any atom is -0.491 e. The molecule has 0 amide bonds. The SMILES string of the molecule is N[C@@H]1COc2c1ccc1c2CCC1. The van der Waals surface area contributed by atoms with E-state index >= 15 is 0 Å². The number of nitrogens with two attached hydrogens (primary N) is 1. The van der Waals surface area contributed by atoms with E-state index in [0.29, 0.717) is 6.61 Å². The first-order valence-corrected chi connectivity index (χ1v) is 4.89. The Hall–Kier alpha value is -1.02. The first-order chi connectivity index (χ1) is 6.36. The second-order valence-corrected chi connectivity index (χ2v) is 3.89. The van der Waals surface area contributed by atoms with Crippen LogP contribution in [0.3, 0.4) is 0 Å². The van der Waals surface area contributed by atoms with Gasteiger partial charge in [-0.2, -0.15) is 0 Å². The molecule has 1 heterocycles. The van der Waals surface area contributed by atoms with Crippen LogP contribution in [0.15, 0.2) is 12.1 Å². The number of aryl methyl sites for hydroxylation is 1. The maximum Gasteiger partial charge on any atom is 0.127 e. The monoisotopic (exact) mass is 175 g/mol. The molecule has 0 bridgehead atoms. The number of hydrogen-bond donors (Lipinski definition) is 1. The predicted molar refractivity (Wildman–Crippen MR) is 50.9 cm³/mol. The zero-order valence-electron chi connectivity index (χ0n) is 7.55. The minimum absolute atomic E-state index is 0.0981. The lowest BCUT2D eigenvalue weighted by atomic mass is 10.0. The fraction of sp³-hybridized carbons (Fsp3) is 0.455. The van der Waals surface area contributed by atoms with Crippen LogP contribution in [0.4, 0.5) is 0 Å². The number of hydrogen-bond acceptors (Lipinski definition) is 2. The third-order valence-electron chi connectivity index (χ3n) is 3.07. The minimum atomic E-state index is 0.0981. The van der Waals surface area contributed by atoms with Gasteiger partial charge in [0.1, 0.15) is 12.4 Å². The molecule has 1 atom stereocenters. The van der Waals surface area contributed by atoms with Crippen LogP contribution in [0.1, 0.15) is 29.2 Å². The Morgan fingerprint density at radius 1 is 1.31 bits per heavy atom. The summed E-state index contributed by atoms with van der Waals surface area (Å²) < 4.78 is 5.63. The maximum atomic E-state index is 5.92. The van der Waals surface area contributed by atoms with E-state index < -0.39 is 0 Å². The highest BCUT2D eigenvalue weighted by molar-refractivity contribution is 5.51. The van der Waals surface area contributed by atoms with E-state index in [9.17, 15) is 0 Å². The molecule has 0 saturated heterocycles. The summed E-state index contributed by atoms with van der Waals surface area (Å²) in [5.74, 6) is 1.10. The van der Waals surface area contributed by atoms with Crippen molar-refractivity contribution < 1.29 is 4.74 Å². The van der Waals surface area contributed by atoms with Crippen molar-refractivity contribution in [1.82, 2.24) is 0 Å². The van der Waals surface area contributed by atoms with E-state index in [1.807, 2.05) is 0 Å². The van der Waals surface area contributed by atoms with E-state index in [-0.39, 0.29) is 6.04 Å². The molecular weight excluding hydrogens is 162 g/mol.